The lowest BCUT2D eigenvalue weighted by Gasteiger charge is -2.39. The van der Waals surface area contributed by atoms with E-state index in [0.29, 0.717) is 12.8 Å². The minimum Gasteiger partial charge on any atom is -0.462 e. The van der Waals surface area contributed by atoms with Crippen LogP contribution in [0, 0.1) is 0 Å². The molecule has 4 N–H and O–H groups in total. The maximum Gasteiger partial charge on any atom is 0.306 e. The van der Waals surface area contributed by atoms with Crippen LogP contribution in [0.4, 0.5) is 0 Å². The van der Waals surface area contributed by atoms with Gasteiger partial charge in [0.05, 0.1) is 13.2 Å². The van der Waals surface area contributed by atoms with E-state index in [9.17, 15) is 30.0 Å². The van der Waals surface area contributed by atoms with Crippen LogP contribution in [0.5, 0.6) is 0 Å². The van der Waals surface area contributed by atoms with Gasteiger partial charge in [-0.3, -0.25) is 9.59 Å². The molecule has 2 unspecified atom stereocenters. The normalized spacial score (nSPS) is 20.0. The molecule has 1 fully saturated rings. The van der Waals surface area contributed by atoms with Crippen molar-refractivity contribution in [3.05, 3.63) is 36.5 Å². The zero-order valence-corrected chi connectivity index (χ0v) is 38.9. The Labute approximate surface area is 372 Å². The SMILES string of the molecule is CCCCCCCC/C=C/CCCCCC(=O)OC[C@H](CO[C@@H]1O[C@H](CO)[C@H](O)C(O)C1O)OC(=O)CCC/C=C/CC/C=C/CCCCCCCCCCCCCCCC. The second kappa shape index (κ2) is 41.9. The van der Waals surface area contributed by atoms with Gasteiger partial charge in [-0.2, -0.15) is 0 Å². The van der Waals surface area contributed by atoms with Crippen molar-refractivity contribution in [1.82, 2.24) is 0 Å². The summed E-state index contributed by atoms with van der Waals surface area (Å²) >= 11 is 0. The van der Waals surface area contributed by atoms with Crippen molar-refractivity contribution in [3.8, 4) is 0 Å². The Morgan fingerprint density at radius 3 is 1.38 bits per heavy atom. The molecule has 6 atom stereocenters. The number of hydrogen-bond acceptors (Lipinski definition) is 10. The quantitative estimate of drug-likeness (QED) is 0.0265. The fourth-order valence-electron chi connectivity index (χ4n) is 7.50. The van der Waals surface area contributed by atoms with Crippen molar-refractivity contribution in [2.24, 2.45) is 0 Å². The lowest BCUT2D eigenvalue weighted by molar-refractivity contribution is -0.305. The first-order valence-electron chi connectivity index (χ1n) is 25.1. The zero-order valence-electron chi connectivity index (χ0n) is 38.9. The van der Waals surface area contributed by atoms with Crippen LogP contribution in [0.3, 0.4) is 0 Å². The number of aliphatic hydroxyl groups is 4. The number of ether oxygens (including phenoxy) is 4. The van der Waals surface area contributed by atoms with Gasteiger partial charge < -0.3 is 39.4 Å². The first-order valence-corrected chi connectivity index (χ1v) is 25.1. The summed E-state index contributed by atoms with van der Waals surface area (Å²) < 4.78 is 22.1. The summed E-state index contributed by atoms with van der Waals surface area (Å²) in [5.74, 6) is -0.870. The second-order valence-electron chi connectivity index (χ2n) is 17.2. The van der Waals surface area contributed by atoms with Crippen LogP contribution in [0.2, 0.25) is 0 Å². The van der Waals surface area contributed by atoms with Gasteiger partial charge in [-0.15, -0.1) is 0 Å². The van der Waals surface area contributed by atoms with Crippen LogP contribution in [-0.4, -0.2) is 89.0 Å². The highest BCUT2D eigenvalue weighted by Gasteiger charge is 2.44. The molecule has 61 heavy (non-hydrogen) atoms. The molecular formula is C51H92O10. The van der Waals surface area contributed by atoms with E-state index in [2.05, 4.69) is 50.3 Å². The summed E-state index contributed by atoms with van der Waals surface area (Å²) in [6.45, 7) is 3.38. The molecule has 356 valence electrons. The number of carbonyl (C=O) groups excluding carboxylic acids is 2. The van der Waals surface area contributed by atoms with Crippen LogP contribution in [0.25, 0.3) is 0 Å². The summed E-state index contributed by atoms with van der Waals surface area (Å²) in [6, 6.07) is 0. The first kappa shape index (κ1) is 56.9. The standard InChI is InChI=1S/C51H92O10/c1-3-5-7-9-11-13-15-17-18-19-20-21-22-23-24-25-26-28-30-32-34-36-38-40-47(54)60-44(43-59-51-50(57)49(56)48(55)45(41-52)61-51)42-58-46(53)39-37-35-33-31-29-27-16-14-12-10-8-6-4-2/h25-27,29,32,34,44-45,48-52,55-57H,3-24,28,30-31,33,35-43H2,1-2H3/b26-25+,29-27+,34-32+/t44-,45-,48+,49?,50?,51-/m1/s1. The predicted octanol–water partition coefficient (Wildman–Crippen LogP) is 11.4. The van der Waals surface area contributed by atoms with Crippen LogP contribution in [0.15, 0.2) is 36.5 Å². The molecule has 0 saturated carbocycles. The minimum atomic E-state index is -1.60. The third kappa shape index (κ3) is 33.1. The van der Waals surface area contributed by atoms with Gasteiger partial charge in [0, 0.05) is 12.8 Å². The molecule has 0 bridgehead atoms. The Balaban J connectivity index is 2.29. The highest BCUT2D eigenvalue weighted by Crippen LogP contribution is 2.23. The van der Waals surface area contributed by atoms with Crippen molar-refractivity contribution < 1.29 is 49.0 Å². The maximum atomic E-state index is 12.8. The van der Waals surface area contributed by atoms with Crippen LogP contribution >= 0.6 is 0 Å². The molecule has 0 amide bonds. The largest absolute Gasteiger partial charge is 0.462 e. The molecular weight excluding hydrogens is 773 g/mol. The summed E-state index contributed by atoms with van der Waals surface area (Å²) in [5.41, 5.74) is 0. The fourth-order valence-corrected chi connectivity index (χ4v) is 7.50. The Kier molecular flexibility index (Phi) is 39.1. The van der Waals surface area contributed by atoms with Gasteiger partial charge in [0.25, 0.3) is 0 Å². The Morgan fingerprint density at radius 2 is 0.902 bits per heavy atom. The van der Waals surface area contributed by atoms with E-state index in [1.165, 1.54) is 128 Å². The molecule has 0 spiro atoms. The van der Waals surface area contributed by atoms with Crippen molar-refractivity contribution in [3.63, 3.8) is 0 Å². The van der Waals surface area contributed by atoms with Gasteiger partial charge >= 0.3 is 11.9 Å². The van der Waals surface area contributed by atoms with E-state index in [-0.39, 0.29) is 26.1 Å². The summed E-state index contributed by atoms with van der Waals surface area (Å²) in [5, 5.41) is 40.1. The number of esters is 2. The number of hydrogen-bond donors (Lipinski definition) is 4. The molecule has 0 radical (unpaired) electrons. The lowest BCUT2D eigenvalue weighted by Crippen LogP contribution is -2.59. The third-order valence-electron chi connectivity index (χ3n) is 11.5. The molecule has 0 aliphatic carbocycles. The van der Waals surface area contributed by atoms with E-state index in [1.54, 1.807) is 0 Å². The Morgan fingerprint density at radius 1 is 0.492 bits per heavy atom. The summed E-state index contributed by atoms with van der Waals surface area (Å²) in [4.78, 5) is 25.3. The number of rotatable bonds is 42. The molecule has 1 aliphatic heterocycles. The van der Waals surface area contributed by atoms with Gasteiger partial charge in [-0.1, -0.05) is 172 Å². The summed E-state index contributed by atoms with van der Waals surface area (Å²) in [7, 11) is 0. The third-order valence-corrected chi connectivity index (χ3v) is 11.5. The molecule has 1 heterocycles. The predicted molar refractivity (Wildman–Crippen MR) is 247 cm³/mol. The van der Waals surface area contributed by atoms with Crippen molar-refractivity contribution in [2.45, 2.75) is 256 Å². The van der Waals surface area contributed by atoms with Crippen molar-refractivity contribution >= 4 is 11.9 Å². The average molecular weight is 865 g/mol. The zero-order chi connectivity index (χ0) is 44.4. The van der Waals surface area contributed by atoms with Crippen LogP contribution in [0.1, 0.15) is 219 Å². The van der Waals surface area contributed by atoms with E-state index >= 15 is 0 Å². The van der Waals surface area contributed by atoms with Gasteiger partial charge in [-0.25, -0.2) is 0 Å². The molecule has 1 rings (SSSR count). The number of carbonyl (C=O) groups is 2. The molecule has 0 aromatic heterocycles. The topological polar surface area (TPSA) is 152 Å². The van der Waals surface area contributed by atoms with E-state index in [0.717, 1.165) is 51.4 Å². The van der Waals surface area contributed by atoms with Gasteiger partial charge in [0.2, 0.25) is 0 Å². The van der Waals surface area contributed by atoms with Crippen molar-refractivity contribution in [2.75, 3.05) is 19.8 Å². The molecule has 1 aliphatic rings. The highest BCUT2D eigenvalue weighted by atomic mass is 16.7. The van der Waals surface area contributed by atoms with Gasteiger partial charge in [-0.05, 0) is 70.6 Å². The first-order chi connectivity index (χ1) is 29.8. The molecule has 0 aromatic carbocycles. The highest BCUT2D eigenvalue weighted by molar-refractivity contribution is 5.70. The van der Waals surface area contributed by atoms with E-state index in [4.69, 9.17) is 18.9 Å². The Bertz CT molecular complexity index is 1090. The second-order valence-corrected chi connectivity index (χ2v) is 17.2. The van der Waals surface area contributed by atoms with E-state index < -0.39 is 55.4 Å². The smallest absolute Gasteiger partial charge is 0.306 e. The molecule has 1 saturated heterocycles. The number of allylic oxidation sites excluding steroid dienone is 6. The van der Waals surface area contributed by atoms with Crippen molar-refractivity contribution in [1.29, 1.82) is 0 Å². The maximum absolute atomic E-state index is 12.8. The average Bonchev–Trinajstić information content (AvgIpc) is 3.26. The van der Waals surface area contributed by atoms with Gasteiger partial charge in [0.1, 0.15) is 31.0 Å². The van der Waals surface area contributed by atoms with E-state index in [1.807, 2.05) is 0 Å². The number of unbranched alkanes of at least 4 members (excludes halogenated alkanes) is 25. The monoisotopic (exact) mass is 865 g/mol. The van der Waals surface area contributed by atoms with Gasteiger partial charge in [0.15, 0.2) is 12.4 Å². The molecule has 10 nitrogen and oxygen atoms in total. The minimum absolute atomic E-state index is 0.168. The molecule has 0 aromatic rings. The van der Waals surface area contributed by atoms with Crippen LogP contribution < -0.4 is 0 Å². The van der Waals surface area contributed by atoms with Crippen LogP contribution in [-0.2, 0) is 28.5 Å². The fraction of sp³-hybridized carbons (Fsp3) is 0.843. The summed E-state index contributed by atoms with van der Waals surface area (Å²) in [6.07, 6.45) is 41.7. The molecule has 10 heteroatoms. The lowest BCUT2D eigenvalue weighted by atomic mass is 9.99. The Hall–Kier alpha value is -2.08. The number of aliphatic hydroxyl groups excluding tert-OH is 4.